The van der Waals surface area contributed by atoms with Crippen molar-refractivity contribution >= 4 is 23.6 Å². The lowest BCUT2D eigenvalue weighted by atomic mass is 9.78. The Morgan fingerprint density at radius 3 is 2.50 bits per heavy atom. The topological polar surface area (TPSA) is 66.4 Å². The van der Waals surface area contributed by atoms with E-state index in [0.717, 1.165) is 11.8 Å². The fourth-order valence-electron chi connectivity index (χ4n) is 2.37. The van der Waals surface area contributed by atoms with Crippen molar-refractivity contribution in [2.24, 2.45) is 11.8 Å². The third-order valence-corrected chi connectivity index (χ3v) is 4.24. The number of thioether (sulfide) groups is 1. The van der Waals surface area contributed by atoms with Gasteiger partial charge in [0.25, 0.3) is 0 Å². The molecule has 0 aromatic heterocycles. The number of nitrogens with one attached hydrogen (secondary N) is 1. The van der Waals surface area contributed by atoms with Gasteiger partial charge in [0.05, 0.1) is 11.7 Å². The first-order valence-electron chi connectivity index (χ1n) is 6.46. The van der Waals surface area contributed by atoms with Crippen LogP contribution in [0.3, 0.4) is 0 Å². The van der Waals surface area contributed by atoms with E-state index in [0.29, 0.717) is 18.6 Å². The van der Waals surface area contributed by atoms with Crippen molar-refractivity contribution in [3.8, 4) is 0 Å². The van der Waals surface area contributed by atoms with Gasteiger partial charge < -0.3 is 10.4 Å². The number of halogens is 3. The van der Waals surface area contributed by atoms with E-state index in [1.54, 1.807) is 0 Å². The molecule has 116 valence electrons. The maximum Gasteiger partial charge on any atom is 0.392 e. The van der Waals surface area contributed by atoms with Crippen molar-refractivity contribution in [1.82, 2.24) is 5.32 Å². The summed E-state index contributed by atoms with van der Waals surface area (Å²) >= 11 is 1.12. The van der Waals surface area contributed by atoms with Crippen LogP contribution in [0.15, 0.2) is 0 Å². The van der Waals surface area contributed by atoms with E-state index < -0.39 is 29.9 Å². The van der Waals surface area contributed by atoms with Gasteiger partial charge in [-0.05, 0) is 12.8 Å². The van der Waals surface area contributed by atoms with Gasteiger partial charge in [-0.3, -0.25) is 9.59 Å². The molecule has 1 aliphatic carbocycles. The minimum atomic E-state index is -4.33. The van der Waals surface area contributed by atoms with Gasteiger partial charge in [-0.1, -0.05) is 12.8 Å². The first-order chi connectivity index (χ1) is 9.32. The Hall–Kier alpha value is -0.920. The van der Waals surface area contributed by atoms with Crippen LogP contribution in [0.25, 0.3) is 0 Å². The number of carbonyl (C=O) groups is 2. The first-order valence-corrected chi connectivity index (χ1v) is 7.62. The lowest BCUT2D eigenvalue weighted by Crippen LogP contribution is -2.43. The lowest BCUT2D eigenvalue weighted by molar-refractivity contribution is -0.198. The van der Waals surface area contributed by atoms with E-state index in [9.17, 15) is 22.8 Å². The minimum absolute atomic E-state index is 0.00928. The summed E-state index contributed by atoms with van der Waals surface area (Å²) < 4.78 is 38.5. The average molecular weight is 313 g/mol. The number of aliphatic carboxylic acids is 1. The van der Waals surface area contributed by atoms with E-state index in [4.69, 9.17) is 5.11 Å². The molecule has 1 amide bonds. The Kier molecular flexibility index (Phi) is 6.64. The summed E-state index contributed by atoms with van der Waals surface area (Å²) in [6, 6.07) is 0. The molecule has 1 aliphatic rings. The molecular formula is C12H18F3NO3S. The number of carboxylic acids is 1. The summed E-state index contributed by atoms with van der Waals surface area (Å²) in [4.78, 5) is 22.1. The second-order valence-electron chi connectivity index (χ2n) is 4.78. The largest absolute Gasteiger partial charge is 0.481 e. The molecule has 1 saturated carbocycles. The molecule has 0 aromatic carbocycles. The third kappa shape index (κ3) is 5.60. The van der Waals surface area contributed by atoms with Crippen LogP contribution >= 0.6 is 11.8 Å². The fourth-order valence-corrected chi connectivity index (χ4v) is 2.94. The summed E-state index contributed by atoms with van der Waals surface area (Å²) in [5, 5.41) is 10.9. The highest BCUT2D eigenvalue weighted by molar-refractivity contribution is 7.99. The Morgan fingerprint density at radius 1 is 1.25 bits per heavy atom. The smallest absolute Gasteiger partial charge is 0.392 e. The van der Waals surface area contributed by atoms with Gasteiger partial charge in [0.1, 0.15) is 0 Å². The van der Waals surface area contributed by atoms with Crippen LogP contribution in [0.5, 0.6) is 0 Å². The van der Waals surface area contributed by atoms with Crippen LogP contribution in [-0.4, -0.2) is 41.2 Å². The third-order valence-electron chi connectivity index (χ3n) is 3.29. The van der Waals surface area contributed by atoms with E-state index in [1.165, 1.54) is 0 Å². The normalized spacial score (nSPS) is 23.4. The molecule has 2 atom stereocenters. The van der Waals surface area contributed by atoms with E-state index >= 15 is 0 Å². The minimum Gasteiger partial charge on any atom is -0.481 e. The van der Waals surface area contributed by atoms with Crippen molar-refractivity contribution in [2.45, 2.75) is 31.9 Å². The van der Waals surface area contributed by atoms with E-state index in [1.807, 2.05) is 0 Å². The number of carbonyl (C=O) groups excluding carboxylic acids is 1. The second kappa shape index (κ2) is 7.75. The Labute approximate surface area is 119 Å². The molecule has 2 unspecified atom stereocenters. The number of alkyl halides is 3. The van der Waals surface area contributed by atoms with Crippen LogP contribution in [0.1, 0.15) is 25.7 Å². The van der Waals surface area contributed by atoms with Crippen molar-refractivity contribution < 1.29 is 27.9 Å². The molecule has 2 N–H and O–H groups in total. The average Bonchev–Trinajstić information content (AvgIpc) is 2.36. The van der Waals surface area contributed by atoms with E-state index in [-0.39, 0.29) is 25.1 Å². The van der Waals surface area contributed by atoms with Gasteiger partial charge in [-0.15, -0.1) is 11.8 Å². The maximum absolute atomic E-state index is 12.8. The predicted octanol–water partition coefficient (Wildman–Crippen LogP) is 2.29. The lowest BCUT2D eigenvalue weighted by Gasteiger charge is -2.31. The fraction of sp³-hybridized carbons (Fsp3) is 0.833. The van der Waals surface area contributed by atoms with Crippen LogP contribution in [-0.2, 0) is 9.59 Å². The number of hydrogen-bond acceptors (Lipinski definition) is 3. The van der Waals surface area contributed by atoms with Crippen molar-refractivity contribution in [2.75, 3.05) is 18.1 Å². The van der Waals surface area contributed by atoms with Gasteiger partial charge >= 0.3 is 12.1 Å². The predicted molar refractivity (Wildman–Crippen MR) is 69.5 cm³/mol. The molecule has 4 nitrogen and oxygen atoms in total. The SMILES string of the molecule is O=C(O)CSCCNC(=O)C1CCCCC1C(F)(F)F. The highest BCUT2D eigenvalue weighted by Gasteiger charge is 2.47. The van der Waals surface area contributed by atoms with Crippen LogP contribution in [0, 0.1) is 11.8 Å². The standard InChI is InChI=1S/C12H18F3NO3S/c13-12(14,15)9-4-2-1-3-8(9)11(19)16-5-6-20-7-10(17)18/h8-9H,1-7H2,(H,16,19)(H,17,18). The quantitative estimate of drug-likeness (QED) is 0.738. The number of hydrogen-bond donors (Lipinski definition) is 2. The molecule has 0 saturated heterocycles. The molecule has 0 spiro atoms. The zero-order valence-electron chi connectivity index (χ0n) is 10.9. The molecule has 1 rings (SSSR count). The van der Waals surface area contributed by atoms with Crippen LogP contribution in [0.2, 0.25) is 0 Å². The zero-order chi connectivity index (χ0) is 15.2. The Morgan fingerprint density at radius 2 is 1.90 bits per heavy atom. The molecule has 0 radical (unpaired) electrons. The Bertz CT molecular complexity index is 349. The van der Waals surface area contributed by atoms with Gasteiger partial charge in [0.2, 0.25) is 5.91 Å². The summed E-state index contributed by atoms with van der Waals surface area (Å²) in [7, 11) is 0. The summed E-state index contributed by atoms with van der Waals surface area (Å²) in [6.07, 6.45) is -2.92. The first kappa shape index (κ1) is 17.1. The highest BCUT2D eigenvalue weighted by atomic mass is 32.2. The van der Waals surface area contributed by atoms with Gasteiger partial charge in [-0.25, -0.2) is 0 Å². The van der Waals surface area contributed by atoms with Crippen molar-refractivity contribution in [3.05, 3.63) is 0 Å². The van der Waals surface area contributed by atoms with Gasteiger partial charge in [0, 0.05) is 18.2 Å². The van der Waals surface area contributed by atoms with Crippen molar-refractivity contribution in [3.63, 3.8) is 0 Å². The highest BCUT2D eigenvalue weighted by Crippen LogP contribution is 2.41. The second-order valence-corrected chi connectivity index (χ2v) is 5.88. The Balaban J connectivity index is 2.38. The molecule has 8 heteroatoms. The molecule has 0 aromatic rings. The van der Waals surface area contributed by atoms with Crippen LogP contribution in [0.4, 0.5) is 13.2 Å². The van der Waals surface area contributed by atoms with Crippen LogP contribution < -0.4 is 5.32 Å². The molecule has 1 fully saturated rings. The zero-order valence-corrected chi connectivity index (χ0v) is 11.7. The maximum atomic E-state index is 12.8. The van der Waals surface area contributed by atoms with Gasteiger partial charge in [-0.2, -0.15) is 13.2 Å². The molecule has 0 aliphatic heterocycles. The molecule has 0 bridgehead atoms. The van der Waals surface area contributed by atoms with E-state index in [2.05, 4.69) is 5.32 Å². The summed E-state index contributed by atoms with van der Waals surface area (Å²) in [5.41, 5.74) is 0. The summed E-state index contributed by atoms with van der Waals surface area (Å²) in [6.45, 7) is 0.192. The number of rotatable bonds is 6. The number of amides is 1. The molecule has 20 heavy (non-hydrogen) atoms. The van der Waals surface area contributed by atoms with Gasteiger partial charge in [0.15, 0.2) is 0 Å². The molecule has 0 heterocycles. The summed E-state index contributed by atoms with van der Waals surface area (Å²) in [5.74, 6) is -3.78. The number of carboxylic acid groups (broad SMARTS) is 1. The molecular weight excluding hydrogens is 295 g/mol. The van der Waals surface area contributed by atoms with Crippen molar-refractivity contribution in [1.29, 1.82) is 0 Å². The monoisotopic (exact) mass is 313 g/mol.